The number of carbonyl (C=O) groups is 2. The van der Waals surface area contributed by atoms with E-state index in [1.165, 1.54) is 13.8 Å². The topological polar surface area (TPSA) is 118 Å². The van der Waals surface area contributed by atoms with Crippen LogP contribution in [-0.2, 0) is 19.6 Å². The molecule has 7 nitrogen and oxygen atoms in total. The van der Waals surface area contributed by atoms with E-state index in [9.17, 15) is 26.8 Å². The van der Waals surface area contributed by atoms with E-state index in [0.29, 0.717) is 36.5 Å². The van der Waals surface area contributed by atoms with Crippen molar-refractivity contribution in [1.82, 2.24) is 10.0 Å². The molecule has 0 heterocycles. The van der Waals surface area contributed by atoms with Crippen LogP contribution in [-0.4, -0.2) is 31.3 Å². The molecule has 5 rings (SSSR count). The predicted molar refractivity (Wildman–Crippen MR) is 108 cm³/mol. The average molecular weight is 456 g/mol. The molecule has 4 saturated carbocycles. The van der Waals surface area contributed by atoms with Crippen LogP contribution in [0.5, 0.6) is 0 Å². The molecule has 4 aliphatic carbocycles. The zero-order chi connectivity index (χ0) is 22.8. The lowest BCUT2D eigenvalue weighted by atomic mass is 9.46. The Morgan fingerprint density at radius 3 is 2.13 bits per heavy atom. The third-order valence-electron chi connectivity index (χ3n) is 7.07. The highest BCUT2D eigenvalue weighted by molar-refractivity contribution is 7.89. The Labute approximate surface area is 180 Å². The van der Waals surface area contributed by atoms with Gasteiger partial charge in [0.15, 0.2) is 0 Å². The number of sulfonamides is 1. The van der Waals surface area contributed by atoms with Crippen LogP contribution in [0, 0.1) is 28.9 Å². The van der Waals surface area contributed by atoms with Crippen LogP contribution in [0.15, 0.2) is 23.1 Å². The van der Waals surface area contributed by atoms with Crippen molar-refractivity contribution in [2.45, 2.75) is 68.3 Å². The van der Waals surface area contributed by atoms with Gasteiger partial charge in [-0.3, -0.25) is 9.59 Å². The Morgan fingerprint density at radius 2 is 1.61 bits per heavy atom. The van der Waals surface area contributed by atoms with Crippen molar-refractivity contribution in [3.63, 3.8) is 0 Å². The van der Waals surface area contributed by atoms with Gasteiger partial charge in [0.2, 0.25) is 21.8 Å². The molecule has 1 aromatic rings. The second kappa shape index (κ2) is 6.96. The monoisotopic (exact) mass is 455 g/mol. The lowest BCUT2D eigenvalue weighted by molar-refractivity contribution is -0.151. The summed E-state index contributed by atoms with van der Waals surface area (Å²) >= 11 is 0. The molecular formula is C21H27F2N3O4S. The molecule has 4 fully saturated rings. The van der Waals surface area contributed by atoms with E-state index in [-0.39, 0.29) is 5.91 Å². The zero-order valence-corrected chi connectivity index (χ0v) is 18.3. The van der Waals surface area contributed by atoms with Crippen molar-refractivity contribution in [2.75, 3.05) is 0 Å². The highest BCUT2D eigenvalue weighted by atomic mass is 32.2. The van der Waals surface area contributed by atoms with Gasteiger partial charge in [0.05, 0.1) is 10.3 Å². The summed E-state index contributed by atoms with van der Waals surface area (Å²) in [5, 5.41) is 3.02. The van der Waals surface area contributed by atoms with E-state index < -0.39 is 49.0 Å². The van der Waals surface area contributed by atoms with Crippen molar-refractivity contribution in [3.8, 4) is 0 Å². The number of primary amides is 1. The quantitative estimate of drug-likeness (QED) is 0.608. The van der Waals surface area contributed by atoms with E-state index in [0.717, 1.165) is 32.1 Å². The normalized spacial score (nSPS) is 32.1. The SMILES string of the molecule is CC(C)(NS(=O)(=O)c1cc(F)cc(F)c1)C(=O)NC12CC3CC(C1)CC(C(N)=O)(C3)C2. The molecule has 10 heteroatoms. The number of amides is 2. The average Bonchev–Trinajstić information content (AvgIpc) is 2.58. The summed E-state index contributed by atoms with van der Waals surface area (Å²) in [5.41, 5.74) is 2.91. The molecule has 0 spiro atoms. The van der Waals surface area contributed by atoms with Crippen molar-refractivity contribution in [2.24, 2.45) is 23.0 Å². The first kappa shape index (κ1) is 22.1. The van der Waals surface area contributed by atoms with Crippen LogP contribution in [0.1, 0.15) is 52.4 Å². The highest BCUT2D eigenvalue weighted by Gasteiger charge is 2.61. The summed E-state index contributed by atoms with van der Waals surface area (Å²) in [5.74, 6) is -2.38. The third kappa shape index (κ3) is 3.95. The molecule has 2 amide bonds. The largest absolute Gasteiger partial charge is 0.369 e. The first-order valence-corrected chi connectivity index (χ1v) is 11.9. The van der Waals surface area contributed by atoms with E-state index >= 15 is 0 Å². The second-order valence-electron chi connectivity index (χ2n) is 10.2. The number of rotatable bonds is 6. The van der Waals surface area contributed by atoms with Crippen molar-refractivity contribution in [1.29, 1.82) is 0 Å². The number of hydrogen-bond donors (Lipinski definition) is 3. The van der Waals surface area contributed by atoms with Crippen molar-refractivity contribution in [3.05, 3.63) is 29.8 Å². The summed E-state index contributed by atoms with van der Waals surface area (Å²) in [6, 6.07) is 1.95. The predicted octanol–water partition coefficient (Wildman–Crippen LogP) is 1.96. The number of carbonyl (C=O) groups excluding carboxylic acids is 2. The van der Waals surface area contributed by atoms with Gasteiger partial charge in [-0.1, -0.05) is 0 Å². The summed E-state index contributed by atoms with van der Waals surface area (Å²) in [7, 11) is -4.36. The fraction of sp³-hybridized carbons (Fsp3) is 0.619. The van der Waals surface area contributed by atoms with Gasteiger partial charge < -0.3 is 11.1 Å². The van der Waals surface area contributed by atoms with Crippen LogP contribution >= 0.6 is 0 Å². The number of nitrogens with one attached hydrogen (secondary N) is 2. The Bertz CT molecular complexity index is 1020. The maximum Gasteiger partial charge on any atom is 0.241 e. The lowest BCUT2D eigenvalue weighted by Crippen LogP contribution is -2.68. The third-order valence-corrected chi connectivity index (χ3v) is 8.70. The Hall–Kier alpha value is -2.07. The van der Waals surface area contributed by atoms with Gasteiger partial charge in [0.25, 0.3) is 0 Å². The van der Waals surface area contributed by atoms with Gasteiger partial charge in [-0.25, -0.2) is 17.2 Å². The Kier molecular flexibility index (Phi) is 4.97. The zero-order valence-electron chi connectivity index (χ0n) is 17.5. The maximum atomic E-state index is 13.5. The molecule has 0 radical (unpaired) electrons. The van der Waals surface area contributed by atoms with Crippen LogP contribution in [0.25, 0.3) is 0 Å². The minimum absolute atomic E-state index is 0.295. The number of hydrogen-bond acceptors (Lipinski definition) is 4. The Balaban J connectivity index is 1.54. The standard InChI is InChI=1S/C21H27F2N3O4S/c1-19(2,26-31(29,30)16-5-14(22)4-15(23)6-16)18(28)25-21-9-12-3-13(10-21)8-20(7-12,11-21)17(24)27/h4-6,12-13,26H,3,7-11H2,1-2H3,(H2,24,27)(H,25,28). The van der Waals surface area contributed by atoms with E-state index in [2.05, 4.69) is 10.0 Å². The molecule has 1 aromatic carbocycles. The molecule has 0 aliphatic heterocycles. The minimum atomic E-state index is -4.36. The molecule has 0 aromatic heterocycles. The number of benzene rings is 1. The van der Waals surface area contributed by atoms with Crippen LogP contribution in [0.4, 0.5) is 8.78 Å². The summed E-state index contributed by atoms with van der Waals surface area (Å²) in [6.45, 7) is 2.78. The van der Waals surface area contributed by atoms with Crippen molar-refractivity contribution < 1.29 is 26.8 Å². The first-order valence-electron chi connectivity index (χ1n) is 10.4. The molecule has 2 atom stereocenters. The van der Waals surface area contributed by atoms with Gasteiger partial charge >= 0.3 is 0 Å². The lowest BCUT2D eigenvalue weighted by Gasteiger charge is -2.61. The van der Waals surface area contributed by atoms with Gasteiger partial charge in [-0.2, -0.15) is 4.72 Å². The molecule has 4 aliphatic rings. The fourth-order valence-corrected chi connectivity index (χ4v) is 7.64. The number of halogens is 2. The van der Waals surface area contributed by atoms with E-state index in [1.54, 1.807) is 0 Å². The van der Waals surface area contributed by atoms with E-state index in [1.807, 2.05) is 0 Å². The molecule has 4 N–H and O–H groups in total. The molecule has 0 saturated heterocycles. The second-order valence-corrected chi connectivity index (χ2v) is 11.9. The van der Waals surface area contributed by atoms with Gasteiger partial charge in [0.1, 0.15) is 17.2 Å². The minimum Gasteiger partial charge on any atom is -0.369 e. The van der Waals surface area contributed by atoms with Crippen LogP contribution < -0.4 is 15.8 Å². The summed E-state index contributed by atoms with van der Waals surface area (Å²) in [6.07, 6.45) is 4.37. The van der Waals surface area contributed by atoms with Crippen molar-refractivity contribution >= 4 is 21.8 Å². The fourth-order valence-electron chi connectivity index (χ4n) is 6.22. The first-order chi connectivity index (χ1) is 14.2. The maximum absolute atomic E-state index is 13.5. The molecule has 170 valence electrons. The van der Waals surface area contributed by atoms with E-state index in [4.69, 9.17) is 5.73 Å². The molecule has 2 unspecified atom stereocenters. The summed E-state index contributed by atoms with van der Waals surface area (Å²) in [4.78, 5) is 24.8. The molecule has 4 bridgehead atoms. The smallest absolute Gasteiger partial charge is 0.241 e. The highest BCUT2D eigenvalue weighted by Crippen LogP contribution is 2.61. The van der Waals surface area contributed by atoms with Crippen LogP contribution in [0.3, 0.4) is 0 Å². The van der Waals surface area contributed by atoms with Gasteiger partial charge in [-0.15, -0.1) is 0 Å². The Morgan fingerprint density at radius 1 is 1.06 bits per heavy atom. The van der Waals surface area contributed by atoms with Gasteiger partial charge in [0, 0.05) is 11.6 Å². The molecular weight excluding hydrogens is 428 g/mol. The number of nitrogens with two attached hydrogens (primary N) is 1. The molecule has 31 heavy (non-hydrogen) atoms. The summed E-state index contributed by atoms with van der Waals surface area (Å²) < 4.78 is 54.6. The van der Waals surface area contributed by atoms with Gasteiger partial charge in [-0.05, 0) is 76.3 Å². The van der Waals surface area contributed by atoms with Crippen LogP contribution in [0.2, 0.25) is 0 Å².